The van der Waals surface area contributed by atoms with Crippen LogP contribution in [0.25, 0.3) is 0 Å². The Labute approximate surface area is 121 Å². The van der Waals surface area contributed by atoms with E-state index in [0.29, 0.717) is 6.04 Å². The van der Waals surface area contributed by atoms with Gasteiger partial charge in [0.15, 0.2) is 0 Å². The molecule has 0 bridgehead atoms. The van der Waals surface area contributed by atoms with Crippen LogP contribution in [0.2, 0.25) is 0 Å². The van der Waals surface area contributed by atoms with E-state index in [0.717, 1.165) is 45.0 Å². The molecule has 2 atom stereocenters. The van der Waals surface area contributed by atoms with Gasteiger partial charge >= 0.3 is 0 Å². The molecule has 0 aromatic carbocycles. The summed E-state index contributed by atoms with van der Waals surface area (Å²) in [5.74, 6) is 1.01. The Hall–Kier alpha value is -0.980. The molecule has 20 heavy (non-hydrogen) atoms. The average molecular weight is 281 g/mol. The topological polar surface area (TPSA) is 55.2 Å². The summed E-state index contributed by atoms with van der Waals surface area (Å²) in [5, 5.41) is 7.69. The summed E-state index contributed by atoms with van der Waals surface area (Å²) in [6, 6.07) is 0.294. The van der Waals surface area contributed by atoms with Crippen molar-refractivity contribution in [2.24, 2.45) is 7.05 Å². The monoisotopic (exact) mass is 281 g/mol. The van der Waals surface area contributed by atoms with E-state index < -0.39 is 0 Å². The molecule has 2 rings (SSSR count). The van der Waals surface area contributed by atoms with Gasteiger partial charge in [0.1, 0.15) is 12.2 Å². The number of morpholine rings is 1. The molecule has 1 N–H and O–H groups in total. The van der Waals surface area contributed by atoms with Gasteiger partial charge in [0.25, 0.3) is 0 Å². The summed E-state index contributed by atoms with van der Waals surface area (Å²) in [5.41, 5.74) is 0. The van der Waals surface area contributed by atoms with Crippen molar-refractivity contribution in [3.05, 3.63) is 12.2 Å². The van der Waals surface area contributed by atoms with E-state index in [2.05, 4.69) is 34.1 Å². The van der Waals surface area contributed by atoms with Crippen molar-refractivity contribution < 1.29 is 4.74 Å². The van der Waals surface area contributed by atoms with E-state index in [9.17, 15) is 0 Å². The standard InChI is InChI=1S/C14H27N5O/c1-4-6-19-7-8-20-13(10-19)12(15-5-2)9-14-16-11-17-18(14)3/h11-13,15H,4-10H2,1-3H3. The largest absolute Gasteiger partial charge is 0.374 e. The maximum Gasteiger partial charge on any atom is 0.138 e. The highest BCUT2D eigenvalue weighted by Crippen LogP contribution is 2.13. The fourth-order valence-electron chi connectivity index (χ4n) is 2.79. The Kier molecular flexibility index (Phi) is 5.94. The third-order valence-corrected chi connectivity index (χ3v) is 3.84. The first kappa shape index (κ1) is 15.4. The quantitative estimate of drug-likeness (QED) is 0.786. The fraction of sp³-hybridized carbons (Fsp3) is 0.857. The molecule has 2 heterocycles. The molecule has 0 aliphatic carbocycles. The molecule has 1 aliphatic heterocycles. The van der Waals surface area contributed by atoms with Gasteiger partial charge in [0.05, 0.1) is 12.7 Å². The minimum absolute atomic E-state index is 0.229. The van der Waals surface area contributed by atoms with Crippen molar-refractivity contribution in [2.75, 3.05) is 32.8 Å². The summed E-state index contributed by atoms with van der Waals surface area (Å²) >= 11 is 0. The van der Waals surface area contributed by atoms with Crippen LogP contribution in [0.1, 0.15) is 26.1 Å². The third kappa shape index (κ3) is 4.01. The molecule has 1 aromatic heterocycles. The van der Waals surface area contributed by atoms with Crippen LogP contribution in [0.4, 0.5) is 0 Å². The molecule has 6 heteroatoms. The zero-order chi connectivity index (χ0) is 14.4. The van der Waals surface area contributed by atoms with Gasteiger partial charge in [-0.05, 0) is 19.5 Å². The summed E-state index contributed by atoms with van der Waals surface area (Å²) in [6.45, 7) is 9.34. The number of aryl methyl sites for hydroxylation is 1. The first-order chi connectivity index (χ1) is 9.74. The molecule has 114 valence electrons. The number of ether oxygens (including phenoxy) is 1. The predicted octanol–water partition coefficient (Wildman–Crippen LogP) is 0.447. The van der Waals surface area contributed by atoms with Gasteiger partial charge in [0.2, 0.25) is 0 Å². The molecule has 0 amide bonds. The van der Waals surface area contributed by atoms with E-state index in [1.807, 2.05) is 11.7 Å². The second kappa shape index (κ2) is 7.71. The molecule has 1 aliphatic rings. The Morgan fingerprint density at radius 3 is 3.00 bits per heavy atom. The van der Waals surface area contributed by atoms with E-state index in [-0.39, 0.29) is 6.10 Å². The first-order valence-electron chi connectivity index (χ1n) is 7.64. The minimum atomic E-state index is 0.229. The molecule has 0 saturated carbocycles. The van der Waals surface area contributed by atoms with Crippen LogP contribution in [-0.2, 0) is 18.2 Å². The molecule has 1 saturated heterocycles. The van der Waals surface area contributed by atoms with Crippen molar-refractivity contribution in [1.82, 2.24) is 25.0 Å². The Morgan fingerprint density at radius 1 is 1.50 bits per heavy atom. The van der Waals surface area contributed by atoms with Crippen LogP contribution in [-0.4, -0.2) is 64.6 Å². The van der Waals surface area contributed by atoms with E-state index in [1.165, 1.54) is 6.42 Å². The SMILES string of the molecule is CCCN1CCOC(C(Cc2ncnn2C)NCC)C1. The predicted molar refractivity (Wildman–Crippen MR) is 78.6 cm³/mol. The first-order valence-corrected chi connectivity index (χ1v) is 7.64. The number of likely N-dealkylation sites (N-methyl/N-ethyl adjacent to an activating group) is 1. The van der Waals surface area contributed by atoms with Crippen LogP contribution in [0.5, 0.6) is 0 Å². The summed E-state index contributed by atoms with van der Waals surface area (Å²) < 4.78 is 7.84. The van der Waals surface area contributed by atoms with Crippen molar-refractivity contribution in [1.29, 1.82) is 0 Å². The summed E-state index contributed by atoms with van der Waals surface area (Å²) in [7, 11) is 1.94. The number of nitrogens with zero attached hydrogens (tertiary/aromatic N) is 4. The van der Waals surface area contributed by atoms with Gasteiger partial charge in [-0.2, -0.15) is 5.10 Å². The Bertz CT molecular complexity index is 393. The molecule has 6 nitrogen and oxygen atoms in total. The number of nitrogens with one attached hydrogen (secondary N) is 1. The molecular formula is C14H27N5O. The minimum Gasteiger partial charge on any atom is -0.374 e. The lowest BCUT2D eigenvalue weighted by Crippen LogP contribution is -2.53. The molecule has 0 spiro atoms. The lowest BCUT2D eigenvalue weighted by atomic mass is 10.0. The van der Waals surface area contributed by atoms with Crippen molar-refractivity contribution in [3.63, 3.8) is 0 Å². The number of hydrogen-bond donors (Lipinski definition) is 1. The normalized spacial score (nSPS) is 22.1. The third-order valence-electron chi connectivity index (χ3n) is 3.84. The van der Waals surface area contributed by atoms with Crippen LogP contribution in [0.3, 0.4) is 0 Å². The van der Waals surface area contributed by atoms with Crippen molar-refractivity contribution in [3.8, 4) is 0 Å². The van der Waals surface area contributed by atoms with Gasteiger partial charge in [-0.25, -0.2) is 4.98 Å². The molecular weight excluding hydrogens is 254 g/mol. The lowest BCUT2D eigenvalue weighted by Gasteiger charge is -2.37. The molecule has 1 aromatic rings. The van der Waals surface area contributed by atoms with E-state index in [4.69, 9.17) is 4.74 Å². The highest BCUT2D eigenvalue weighted by atomic mass is 16.5. The lowest BCUT2D eigenvalue weighted by molar-refractivity contribution is -0.0463. The highest BCUT2D eigenvalue weighted by Gasteiger charge is 2.28. The van der Waals surface area contributed by atoms with Gasteiger partial charge in [-0.15, -0.1) is 0 Å². The van der Waals surface area contributed by atoms with Crippen LogP contribution >= 0.6 is 0 Å². The summed E-state index contributed by atoms with van der Waals surface area (Å²) in [6.07, 6.45) is 3.90. The number of aromatic nitrogens is 3. The molecule has 1 fully saturated rings. The fourth-order valence-corrected chi connectivity index (χ4v) is 2.79. The van der Waals surface area contributed by atoms with Gasteiger partial charge in [-0.3, -0.25) is 9.58 Å². The van der Waals surface area contributed by atoms with Crippen molar-refractivity contribution in [2.45, 2.75) is 38.8 Å². The second-order valence-corrected chi connectivity index (χ2v) is 5.38. The summed E-state index contributed by atoms with van der Waals surface area (Å²) in [4.78, 5) is 6.83. The van der Waals surface area contributed by atoms with Gasteiger partial charge < -0.3 is 10.1 Å². The Morgan fingerprint density at radius 2 is 2.35 bits per heavy atom. The Balaban J connectivity index is 1.98. The molecule has 0 radical (unpaired) electrons. The maximum absolute atomic E-state index is 6.00. The zero-order valence-electron chi connectivity index (χ0n) is 12.9. The van der Waals surface area contributed by atoms with Crippen LogP contribution in [0.15, 0.2) is 6.33 Å². The average Bonchev–Trinajstić information content (AvgIpc) is 2.85. The number of hydrogen-bond acceptors (Lipinski definition) is 5. The van der Waals surface area contributed by atoms with E-state index >= 15 is 0 Å². The zero-order valence-corrected chi connectivity index (χ0v) is 12.9. The van der Waals surface area contributed by atoms with Gasteiger partial charge in [-0.1, -0.05) is 13.8 Å². The highest BCUT2D eigenvalue weighted by molar-refractivity contribution is 4.94. The van der Waals surface area contributed by atoms with E-state index in [1.54, 1.807) is 6.33 Å². The van der Waals surface area contributed by atoms with Gasteiger partial charge in [0, 0.05) is 32.6 Å². The number of rotatable bonds is 7. The maximum atomic E-state index is 6.00. The van der Waals surface area contributed by atoms with Crippen LogP contribution in [0, 0.1) is 0 Å². The second-order valence-electron chi connectivity index (χ2n) is 5.38. The smallest absolute Gasteiger partial charge is 0.138 e. The molecule has 2 unspecified atom stereocenters. The van der Waals surface area contributed by atoms with Crippen molar-refractivity contribution >= 4 is 0 Å². The van der Waals surface area contributed by atoms with Crippen LogP contribution < -0.4 is 5.32 Å².